The van der Waals surface area contributed by atoms with E-state index in [9.17, 15) is 4.79 Å². The van der Waals surface area contributed by atoms with E-state index < -0.39 is 0 Å². The van der Waals surface area contributed by atoms with Gasteiger partial charge < -0.3 is 13.7 Å². The van der Waals surface area contributed by atoms with E-state index in [4.69, 9.17) is 8.83 Å². The standard InChI is InChI=1S/C19H25N3O3/c1-13-15(20-19(25-13)18-8-5-11-24-18)12-21-9-3-6-16(21)17-7-4-10-22(17)14(2)23/h5,8,11,16-17H,3-4,6-7,9-10,12H2,1-2H3/t16-,17+/m1/s1. The molecule has 0 unspecified atom stereocenters. The number of likely N-dealkylation sites (tertiary alicyclic amines) is 2. The van der Waals surface area contributed by atoms with Crippen molar-refractivity contribution in [1.29, 1.82) is 0 Å². The highest BCUT2D eigenvalue weighted by Crippen LogP contribution is 2.32. The molecule has 0 aliphatic carbocycles. The molecule has 0 spiro atoms. The maximum absolute atomic E-state index is 11.9. The maximum Gasteiger partial charge on any atom is 0.263 e. The van der Waals surface area contributed by atoms with Crippen molar-refractivity contribution in [3.8, 4) is 11.7 Å². The number of amides is 1. The predicted octanol–water partition coefficient (Wildman–Crippen LogP) is 3.22. The zero-order valence-electron chi connectivity index (χ0n) is 14.9. The molecule has 134 valence electrons. The number of hydrogen-bond donors (Lipinski definition) is 0. The summed E-state index contributed by atoms with van der Waals surface area (Å²) in [4.78, 5) is 21.1. The minimum absolute atomic E-state index is 0.201. The lowest BCUT2D eigenvalue weighted by Gasteiger charge is -2.34. The Balaban J connectivity index is 1.51. The Morgan fingerprint density at radius 1 is 1.28 bits per heavy atom. The van der Waals surface area contributed by atoms with E-state index in [0.717, 1.165) is 50.4 Å². The second-order valence-corrected chi connectivity index (χ2v) is 7.10. The molecule has 2 saturated heterocycles. The van der Waals surface area contributed by atoms with Crippen LogP contribution in [0.1, 0.15) is 44.1 Å². The molecule has 1 amide bonds. The molecular formula is C19H25N3O3. The minimum atomic E-state index is 0.201. The number of nitrogens with zero attached hydrogens (tertiary/aromatic N) is 3. The highest BCUT2D eigenvalue weighted by Gasteiger charge is 2.39. The van der Waals surface area contributed by atoms with Gasteiger partial charge in [-0.15, -0.1) is 0 Å². The number of aromatic nitrogens is 1. The summed E-state index contributed by atoms with van der Waals surface area (Å²) < 4.78 is 11.2. The lowest BCUT2D eigenvalue weighted by molar-refractivity contribution is -0.130. The Morgan fingerprint density at radius 3 is 2.84 bits per heavy atom. The molecule has 0 saturated carbocycles. The molecule has 25 heavy (non-hydrogen) atoms. The van der Waals surface area contributed by atoms with E-state index >= 15 is 0 Å². The van der Waals surface area contributed by atoms with Gasteiger partial charge in [0.2, 0.25) is 5.91 Å². The van der Waals surface area contributed by atoms with Crippen LogP contribution in [0.5, 0.6) is 0 Å². The van der Waals surface area contributed by atoms with Crippen LogP contribution in [0.4, 0.5) is 0 Å². The van der Waals surface area contributed by atoms with Gasteiger partial charge in [0.05, 0.1) is 12.0 Å². The summed E-state index contributed by atoms with van der Waals surface area (Å²) in [6.45, 7) is 6.36. The van der Waals surface area contributed by atoms with Crippen LogP contribution < -0.4 is 0 Å². The molecule has 4 rings (SSSR count). The molecule has 4 heterocycles. The van der Waals surface area contributed by atoms with Crippen LogP contribution in [0.25, 0.3) is 11.7 Å². The van der Waals surface area contributed by atoms with Crippen molar-refractivity contribution in [3.63, 3.8) is 0 Å². The van der Waals surface area contributed by atoms with Crippen LogP contribution in [-0.2, 0) is 11.3 Å². The van der Waals surface area contributed by atoms with Crippen LogP contribution in [-0.4, -0.2) is 45.9 Å². The molecule has 0 bridgehead atoms. The molecule has 2 aromatic heterocycles. The van der Waals surface area contributed by atoms with E-state index in [-0.39, 0.29) is 5.91 Å². The molecular weight excluding hydrogens is 318 g/mol. The zero-order valence-corrected chi connectivity index (χ0v) is 14.9. The normalized spacial score (nSPS) is 24.3. The number of carbonyl (C=O) groups is 1. The molecule has 6 nitrogen and oxygen atoms in total. The van der Waals surface area contributed by atoms with E-state index in [1.165, 1.54) is 6.42 Å². The van der Waals surface area contributed by atoms with Gasteiger partial charge in [0, 0.05) is 32.1 Å². The lowest BCUT2D eigenvalue weighted by Crippen LogP contribution is -2.47. The summed E-state index contributed by atoms with van der Waals surface area (Å²) in [5.74, 6) is 2.24. The first kappa shape index (κ1) is 16.4. The van der Waals surface area contributed by atoms with Crippen molar-refractivity contribution >= 4 is 5.91 Å². The lowest BCUT2D eigenvalue weighted by atomic mass is 10.0. The molecule has 0 N–H and O–H groups in total. The Bertz CT molecular complexity index is 737. The monoisotopic (exact) mass is 343 g/mol. The molecule has 2 aliphatic rings. The van der Waals surface area contributed by atoms with Crippen molar-refractivity contribution in [3.05, 3.63) is 29.9 Å². The van der Waals surface area contributed by atoms with Crippen molar-refractivity contribution in [1.82, 2.24) is 14.8 Å². The number of hydrogen-bond acceptors (Lipinski definition) is 5. The van der Waals surface area contributed by atoms with Gasteiger partial charge >= 0.3 is 0 Å². The first-order chi connectivity index (χ1) is 12.1. The van der Waals surface area contributed by atoms with Gasteiger partial charge in [-0.3, -0.25) is 9.69 Å². The van der Waals surface area contributed by atoms with Gasteiger partial charge in [0.15, 0.2) is 5.76 Å². The maximum atomic E-state index is 11.9. The fourth-order valence-electron chi connectivity index (χ4n) is 4.34. The van der Waals surface area contributed by atoms with Crippen LogP contribution >= 0.6 is 0 Å². The van der Waals surface area contributed by atoms with Gasteiger partial charge in [0.25, 0.3) is 5.89 Å². The molecule has 2 aliphatic heterocycles. The molecule has 2 aromatic rings. The van der Waals surface area contributed by atoms with Crippen molar-refractivity contribution < 1.29 is 13.6 Å². The van der Waals surface area contributed by atoms with Crippen molar-refractivity contribution in [2.24, 2.45) is 0 Å². The third-order valence-corrected chi connectivity index (χ3v) is 5.54. The topological polar surface area (TPSA) is 62.7 Å². The third-order valence-electron chi connectivity index (χ3n) is 5.54. The van der Waals surface area contributed by atoms with Crippen molar-refractivity contribution in [2.75, 3.05) is 13.1 Å². The van der Waals surface area contributed by atoms with Gasteiger partial charge in [0.1, 0.15) is 5.76 Å². The summed E-state index contributed by atoms with van der Waals surface area (Å²) >= 11 is 0. The van der Waals surface area contributed by atoms with E-state index in [1.54, 1.807) is 13.2 Å². The van der Waals surface area contributed by atoms with Crippen LogP contribution in [0, 0.1) is 6.92 Å². The Hall–Kier alpha value is -2.08. The van der Waals surface area contributed by atoms with Crippen LogP contribution in [0.2, 0.25) is 0 Å². The summed E-state index contributed by atoms with van der Waals surface area (Å²) in [5, 5.41) is 0. The first-order valence-electron chi connectivity index (χ1n) is 9.15. The number of aryl methyl sites for hydroxylation is 1. The molecule has 2 atom stereocenters. The van der Waals surface area contributed by atoms with E-state index in [0.29, 0.717) is 23.7 Å². The zero-order chi connectivity index (χ0) is 17.4. The Labute approximate surface area is 147 Å². The average Bonchev–Trinajstić information content (AvgIpc) is 3.35. The highest BCUT2D eigenvalue weighted by molar-refractivity contribution is 5.74. The summed E-state index contributed by atoms with van der Waals surface area (Å²) in [5.41, 5.74) is 0.964. The molecule has 0 aromatic carbocycles. The first-order valence-corrected chi connectivity index (χ1v) is 9.15. The fraction of sp³-hybridized carbons (Fsp3) is 0.579. The smallest absolute Gasteiger partial charge is 0.263 e. The summed E-state index contributed by atoms with van der Waals surface area (Å²) in [6.07, 6.45) is 6.17. The van der Waals surface area contributed by atoms with E-state index in [1.807, 2.05) is 19.1 Å². The Morgan fingerprint density at radius 2 is 2.08 bits per heavy atom. The van der Waals surface area contributed by atoms with Crippen LogP contribution in [0.3, 0.4) is 0 Å². The average molecular weight is 343 g/mol. The second kappa shape index (κ2) is 6.67. The molecule has 0 radical (unpaired) electrons. The number of rotatable bonds is 4. The van der Waals surface area contributed by atoms with Gasteiger partial charge in [-0.1, -0.05) is 0 Å². The molecule has 2 fully saturated rings. The van der Waals surface area contributed by atoms with Crippen LogP contribution in [0.15, 0.2) is 27.2 Å². The largest absolute Gasteiger partial charge is 0.459 e. The fourth-order valence-corrected chi connectivity index (χ4v) is 4.34. The summed E-state index contributed by atoms with van der Waals surface area (Å²) in [7, 11) is 0. The van der Waals surface area contributed by atoms with Gasteiger partial charge in [-0.2, -0.15) is 0 Å². The predicted molar refractivity (Wildman–Crippen MR) is 92.8 cm³/mol. The van der Waals surface area contributed by atoms with Gasteiger partial charge in [-0.05, 0) is 51.3 Å². The van der Waals surface area contributed by atoms with Gasteiger partial charge in [-0.25, -0.2) is 4.98 Å². The quantitative estimate of drug-likeness (QED) is 0.853. The number of furan rings is 1. The number of carbonyl (C=O) groups excluding carboxylic acids is 1. The number of oxazole rings is 1. The minimum Gasteiger partial charge on any atom is -0.459 e. The Kier molecular flexibility index (Phi) is 4.37. The third kappa shape index (κ3) is 3.11. The second-order valence-electron chi connectivity index (χ2n) is 7.10. The van der Waals surface area contributed by atoms with E-state index in [2.05, 4.69) is 14.8 Å². The highest BCUT2D eigenvalue weighted by atomic mass is 16.4. The van der Waals surface area contributed by atoms with Crippen molar-refractivity contribution in [2.45, 2.75) is 58.2 Å². The summed E-state index contributed by atoms with van der Waals surface area (Å²) in [6, 6.07) is 4.46. The SMILES string of the molecule is CC(=O)N1CCC[C@H]1[C@H]1CCCN1Cc1nc(-c2ccco2)oc1C. The molecule has 6 heteroatoms.